The standard InChI is InChI=1S/C13H18N2O4/c1-8(2)7-15(3)13(19)14-9-4-5-10(12(17)18)11(16)6-9/h4-6,8,16H,7H2,1-3H3,(H,14,19)(H,17,18). The van der Waals surface area contributed by atoms with Crippen LogP contribution in [0.15, 0.2) is 18.2 Å². The van der Waals surface area contributed by atoms with Gasteiger partial charge in [-0.1, -0.05) is 13.8 Å². The molecule has 6 heteroatoms. The fourth-order valence-electron chi connectivity index (χ4n) is 1.64. The number of carbonyl (C=O) groups is 2. The summed E-state index contributed by atoms with van der Waals surface area (Å²) in [5.41, 5.74) is 0.150. The summed E-state index contributed by atoms with van der Waals surface area (Å²) >= 11 is 0. The number of aromatic carboxylic acids is 1. The average molecular weight is 266 g/mol. The quantitative estimate of drug-likeness (QED) is 0.779. The van der Waals surface area contributed by atoms with Gasteiger partial charge in [0.1, 0.15) is 11.3 Å². The van der Waals surface area contributed by atoms with Gasteiger partial charge >= 0.3 is 12.0 Å². The molecule has 0 heterocycles. The molecule has 3 N–H and O–H groups in total. The van der Waals surface area contributed by atoms with Gasteiger partial charge < -0.3 is 20.4 Å². The van der Waals surface area contributed by atoms with Gasteiger partial charge in [-0.25, -0.2) is 9.59 Å². The molecular weight excluding hydrogens is 248 g/mol. The van der Waals surface area contributed by atoms with E-state index >= 15 is 0 Å². The van der Waals surface area contributed by atoms with E-state index in [1.54, 1.807) is 7.05 Å². The lowest BCUT2D eigenvalue weighted by atomic mass is 10.2. The summed E-state index contributed by atoms with van der Waals surface area (Å²) < 4.78 is 0. The third-order valence-corrected chi connectivity index (χ3v) is 2.47. The predicted molar refractivity (Wildman–Crippen MR) is 71.6 cm³/mol. The number of rotatable bonds is 4. The van der Waals surface area contributed by atoms with Gasteiger partial charge in [-0.3, -0.25) is 0 Å². The van der Waals surface area contributed by atoms with E-state index < -0.39 is 5.97 Å². The average Bonchev–Trinajstić information content (AvgIpc) is 2.27. The van der Waals surface area contributed by atoms with Crippen LogP contribution in [-0.2, 0) is 0 Å². The van der Waals surface area contributed by atoms with Crippen LogP contribution in [0.3, 0.4) is 0 Å². The summed E-state index contributed by atoms with van der Waals surface area (Å²) in [6.45, 7) is 4.60. The first-order chi connectivity index (χ1) is 8.81. The smallest absolute Gasteiger partial charge is 0.339 e. The second kappa shape index (κ2) is 6.08. The maximum atomic E-state index is 11.8. The number of phenols is 1. The Morgan fingerprint density at radius 3 is 2.47 bits per heavy atom. The van der Waals surface area contributed by atoms with E-state index in [1.807, 2.05) is 13.8 Å². The molecule has 0 saturated carbocycles. The Morgan fingerprint density at radius 1 is 1.37 bits per heavy atom. The Bertz CT molecular complexity index is 486. The molecule has 0 aliphatic heterocycles. The maximum Gasteiger partial charge on any atom is 0.339 e. The van der Waals surface area contributed by atoms with Crippen LogP contribution in [0.2, 0.25) is 0 Å². The Labute approximate surface area is 111 Å². The van der Waals surface area contributed by atoms with Crippen LogP contribution in [0.1, 0.15) is 24.2 Å². The molecule has 0 radical (unpaired) electrons. The fourth-order valence-corrected chi connectivity index (χ4v) is 1.64. The Balaban J connectivity index is 2.75. The second-order valence-electron chi connectivity index (χ2n) is 4.74. The molecule has 0 saturated heterocycles. The van der Waals surface area contributed by atoms with Crippen LogP contribution in [0.25, 0.3) is 0 Å². The first-order valence-electron chi connectivity index (χ1n) is 5.89. The van der Waals surface area contributed by atoms with E-state index in [0.717, 1.165) is 0 Å². The van der Waals surface area contributed by atoms with Crippen molar-refractivity contribution >= 4 is 17.7 Å². The summed E-state index contributed by atoms with van der Waals surface area (Å²) in [7, 11) is 1.67. The molecule has 0 aromatic heterocycles. The minimum Gasteiger partial charge on any atom is -0.507 e. The van der Waals surface area contributed by atoms with Crippen molar-refractivity contribution in [1.82, 2.24) is 4.90 Å². The van der Waals surface area contributed by atoms with Crippen LogP contribution in [0, 0.1) is 5.92 Å². The topological polar surface area (TPSA) is 89.9 Å². The number of hydrogen-bond acceptors (Lipinski definition) is 3. The zero-order valence-electron chi connectivity index (χ0n) is 11.2. The maximum absolute atomic E-state index is 11.8. The number of benzene rings is 1. The number of carboxylic acid groups (broad SMARTS) is 1. The third-order valence-electron chi connectivity index (χ3n) is 2.47. The van der Waals surface area contributed by atoms with Crippen molar-refractivity contribution in [2.24, 2.45) is 5.92 Å². The second-order valence-corrected chi connectivity index (χ2v) is 4.74. The number of carbonyl (C=O) groups excluding carboxylic acids is 1. The molecule has 0 fully saturated rings. The third kappa shape index (κ3) is 4.17. The van der Waals surface area contributed by atoms with Gasteiger partial charge in [-0.15, -0.1) is 0 Å². The number of carboxylic acids is 1. The minimum absolute atomic E-state index is 0.200. The van der Waals surface area contributed by atoms with Crippen molar-refractivity contribution in [3.8, 4) is 5.75 Å². The molecular formula is C13H18N2O4. The molecule has 1 rings (SSSR count). The number of urea groups is 1. The van der Waals surface area contributed by atoms with E-state index in [0.29, 0.717) is 18.2 Å². The molecule has 2 amide bonds. The molecule has 0 atom stereocenters. The lowest BCUT2D eigenvalue weighted by Crippen LogP contribution is -2.34. The van der Waals surface area contributed by atoms with Crippen molar-refractivity contribution in [2.75, 3.05) is 18.9 Å². The van der Waals surface area contributed by atoms with Crippen molar-refractivity contribution in [1.29, 1.82) is 0 Å². The van der Waals surface area contributed by atoms with E-state index in [-0.39, 0.29) is 17.3 Å². The Hall–Kier alpha value is -2.24. The number of amides is 2. The lowest BCUT2D eigenvalue weighted by molar-refractivity contribution is 0.0694. The predicted octanol–water partition coefficient (Wildman–Crippen LogP) is 2.21. The van der Waals surface area contributed by atoms with Crippen molar-refractivity contribution < 1.29 is 19.8 Å². The summed E-state index contributed by atoms with van der Waals surface area (Å²) in [4.78, 5) is 24.0. The van der Waals surface area contributed by atoms with Gasteiger partial charge in [0.25, 0.3) is 0 Å². The number of anilines is 1. The van der Waals surface area contributed by atoms with Crippen molar-refractivity contribution in [3.05, 3.63) is 23.8 Å². The number of hydrogen-bond donors (Lipinski definition) is 3. The molecule has 104 valence electrons. The molecule has 19 heavy (non-hydrogen) atoms. The van der Waals surface area contributed by atoms with E-state index in [1.165, 1.54) is 23.1 Å². The van der Waals surface area contributed by atoms with Crippen LogP contribution in [0.4, 0.5) is 10.5 Å². The molecule has 0 unspecified atom stereocenters. The molecule has 0 aliphatic carbocycles. The number of nitrogens with zero attached hydrogens (tertiary/aromatic N) is 1. The fraction of sp³-hybridized carbons (Fsp3) is 0.385. The minimum atomic E-state index is -1.22. The summed E-state index contributed by atoms with van der Waals surface area (Å²) in [6.07, 6.45) is 0. The highest BCUT2D eigenvalue weighted by Gasteiger charge is 2.13. The summed E-state index contributed by atoms with van der Waals surface area (Å²) in [5, 5.41) is 20.9. The molecule has 0 spiro atoms. The molecule has 1 aromatic carbocycles. The van der Waals surface area contributed by atoms with Gasteiger partial charge in [-0.05, 0) is 18.1 Å². The van der Waals surface area contributed by atoms with Crippen LogP contribution in [-0.4, -0.2) is 40.7 Å². The summed E-state index contributed by atoms with van der Waals surface area (Å²) in [6, 6.07) is 3.58. The highest BCUT2D eigenvalue weighted by Crippen LogP contribution is 2.22. The van der Waals surface area contributed by atoms with Crippen LogP contribution >= 0.6 is 0 Å². The first kappa shape index (κ1) is 14.8. The van der Waals surface area contributed by atoms with Crippen molar-refractivity contribution in [2.45, 2.75) is 13.8 Å². The zero-order chi connectivity index (χ0) is 14.6. The number of nitrogens with one attached hydrogen (secondary N) is 1. The molecule has 6 nitrogen and oxygen atoms in total. The molecule has 1 aromatic rings. The first-order valence-corrected chi connectivity index (χ1v) is 5.89. The van der Waals surface area contributed by atoms with Crippen LogP contribution in [0.5, 0.6) is 5.75 Å². The SMILES string of the molecule is CC(C)CN(C)C(=O)Nc1ccc(C(=O)O)c(O)c1. The van der Waals surface area contributed by atoms with Crippen molar-refractivity contribution in [3.63, 3.8) is 0 Å². The van der Waals surface area contributed by atoms with Gasteiger partial charge in [0, 0.05) is 25.3 Å². The Morgan fingerprint density at radius 2 is 2.00 bits per heavy atom. The lowest BCUT2D eigenvalue weighted by Gasteiger charge is -2.20. The highest BCUT2D eigenvalue weighted by atomic mass is 16.4. The Kier molecular flexibility index (Phi) is 4.74. The van der Waals surface area contributed by atoms with Gasteiger partial charge in [0.2, 0.25) is 0 Å². The number of aromatic hydroxyl groups is 1. The van der Waals surface area contributed by atoms with E-state index in [4.69, 9.17) is 5.11 Å². The highest BCUT2D eigenvalue weighted by molar-refractivity contribution is 5.93. The van der Waals surface area contributed by atoms with Crippen LogP contribution < -0.4 is 5.32 Å². The van der Waals surface area contributed by atoms with E-state index in [9.17, 15) is 14.7 Å². The zero-order valence-corrected chi connectivity index (χ0v) is 11.2. The van der Waals surface area contributed by atoms with Gasteiger partial charge in [0.05, 0.1) is 0 Å². The van der Waals surface area contributed by atoms with Gasteiger partial charge in [0.15, 0.2) is 0 Å². The largest absolute Gasteiger partial charge is 0.507 e. The normalized spacial score (nSPS) is 10.3. The summed E-state index contributed by atoms with van der Waals surface area (Å²) in [5.74, 6) is -1.25. The van der Waals surface area contributed by atoms with E-state index in [2.05, 4.69) is 5.32 Å². The molecule has 0 bridgehead atoms. The molecule has 0 aliphatic rings. The van der Waals surface area contributed by atoms with Gasteiger partial charge in [-0.2, -0.15) is 0 Å². The monoisotopic (exact) mass is 266 g/mol.